The topological polar surface area (TPSA) is 35.5 Å². The molecule has 0 N–H and O–H groups in total. The normalized spacial score (nSPS) is 9.09. The van der Waals surface area contributed by atoms with Crippen molar-refractivity contribution in [2.75, 3.05) is 13.2 Å². The van der Waals surface area contributed by atoms with Crippen LogP contribution in [0.25, 0.3) is 0 Å². The number of carbonyl (C=O) groups excluding carboxylic acids is 1. The molecule has 0 unspecified atom stereocenters. The van der Waals surface area contributed by atoms with E-state index in [9.17, 15) is 4.79 Å². The lowest BCUT2D eigenvalue weighted by Gasteiger charge is -1.94. The van der Waals surface area contributed by atoms with Crippen LogP contribution in [-0.4, -0.2) is 19.2 Å². The fourth-order valence-electron chi connectivity index (χ4n) is 0.390. The van der Waals surface area contributed by atoms with Gasteiger partial charge in [-0.15, -0.1) is 6.42 Å². The van der Waals surface area contributed by atoms with E-state index in [2.05, 4.69) is 15.4 Å². The smallest absolute Gasteiger partial charge is 0.333 e. The molecule has 11 heavy (non-hydrogen) atoms. The summed E-state index contributed by atoms with van der Waals surface area (Å²) in [6.45, 7) is 2.25. The molecule has 0 aromatic carbocycles. The second kappa shape index (κ2) is 6.69. The van der Waals surface area contributed by atoms with Crippen molar-refractivity contribution in [1.29, 1.82) is 0 Å². The summed E-state index contributed by atoms with van der Waals surface area (Å²) in [6.07, 6.45) is 7.28. The highest BCUT2D eigenvalue weighted by atomic mass is 16.5. The molecular formula is C8H10O3. The molecule has 60 valence electrons. The number of ether oxygens (including phenoxy) is 2. The predicted octanol–water partition coefficient (Wildman–Crippen LogP) is 0.713. The van der Waals surface area contributed by atoms with Crippen molar-refractivity contribution in [1.82, 2.24) is 0 Å². The van der Waals surface area contributed by atoms with Crippen LogP contribution in [0.3, 0.4) is 0 Å². The Bertz CT molecular complexity index is 176. The van der Waals surface area contributed by atoms with Gasteiger partial charge in [0.1, 0.15) is 6.61 Å². The van der Waals surface area contributed by atoms with Crippen LogP contribution >= 0.6 is 0 Å². The quantitative estimate of drug-likeness (QED) is 0.197. The molecule has 3 nitrogen and oxygen atoms in total. The summed E-state index contributed by atoms with van der Waals surface area (Å²) < 4.78 is 9.25. The van der Waals surface area contributed by atoms with Crippen molar-refractivity contribution in [3.63, 3.8) is 0 Å². The molecule has 0 aliphatic rings. The Labute approximate surface area is 66.0 Å². The standard InChI is InChI=1S/C8H10O3/c1-3-6-10-7-5-8(9)11-4-2/h1,5,7H,4,6H2,2H3/b7-5+. The Morgan fingerprint density at radius 2 is 2.45 bits per heavy atom. The van der Waals surface area contributed by atoms with E-state index in [-0.39, 0.29) is 6.61 Å². The summed E-state index contributed by atoms with van der Waals surface area (Å²) in [7, 11) is 0. The highest BCUT2D eigenvalue weighted by Gasteiger charge is 1.91. The molecule has 0 aromatic rings. The first-order valence-corrected chi connectivity index (χ1v) is 3.19. The number of rotatable bonds is 4. The van der Waals surface area contributed by atoms with Crippen LogP contribution in [0.15, 0.2) is 12.3 Å². The van der Waals surface area contributed by atoms with E-state index in [1.165, 1.54) is 12.3 Å². The minimum absolute atomic E-state index is 0.163. The van der Waals surface area contributed by atoms with E-state index >= 15 is 0 Å². The van der Waals surface area contributed by atoms with Crippen LogP contribution < -0.4 is 0 Å². The zero-order valence-electron chi connectivity index (χ0n) is 6.37. The Morgan fingerprint density at radius 1 is 1.73 bits per heavy atom. The summed E-state index contributed by atoms with van der Waals surface area (Å²) in [5.74, 6) is 1.82. The maximum atomic E-state index is 10.6. The third kappa shape index (κ3) is 6.46. The van der Waals surface area contributed by atoms with Crippen LogP contribution in [0.2, 0.25) is 0 Å². The van der Waals surface area contributed by atoms with Crippen LogP contribution in [0, 0.1) is 12.3 Å². The number of hydrogen-bond acceptors (Lipinski definition) is 3. The molecule has 0 spiro atoms. The van der Waals surface area contributed by atoms with E-state index in [1.54, 1.807) is 6.92 Å². The molecule has 0 saturated carbocycles. The number of hydrogen-bond donors (Lipinski definition) is 0. The van der Waals surface area contributed by atoms with Gasteiger partial charge >= 0.3 is 5.97 Å². The number of carbonyl (C=O) groups is 1. The molecule has 0 aliphatic carbocycles. The second-order valence-corrected chi connectivity index (χ2v) is 1.57. The van der Waals surface area contributed by atoms with Crippen molar-refractivity contribution < 1.29 is 14.3 Å². The fourth-order valence-corrected chi connectivity index (χ4v) is 0.390. The van der Waals surface area contributed by atoms with Crippen molar-refractivity contribution in [3.05, 3.63) is 12.3 Å². The van der Waals surface area contributed by atoms with Gasteiger partial charge in [0.2, 0.25) is 0 Å². The Balaban J connectivity index is 3.42. The molecule has 0 rings (SSSR count). The number of esters is 1. The van der Waals surface area contributed by atoms with E-state index in [0.29, 0.717) is 6.61 Å². The summed E-state index contributed by atoms with van der Waals surface area (Å²) in [5, 5.41) is 0. The zero-order chi connectivity index (χ0) is 8.53. The Kier molecular flexibility index (Phi) is 5.82. The Morgan fingerprint density at radius 3 is 3.00 bits per heavy atom. The maximum absolute atomic E-state index is 10.6. The lowest BCUT2D eigenvalue weighted by molar-refractivity contribution is -0.137. The van der Waals surface area contributed by atoms with Crippen LogP contribution in [0.4, 0.5) is 0 Å². The molecular weight excluding hydrogens is 144 g/mol. The van der Waals surface area contributed by atoms with Crippen LogP contribution in [-0.2, 0) is 14.3 Å². The van der Waals surface area contributed by atoms with Gasteiger partial charge < -0.3 is 9.47 Å². The van der Waals surface area contributed by atoms with Gasteiger partial charge in [-0.1, -0.05) is 5.92 Å². The maximum Gasteiger partial charge on any atom is 0.333 e. The third-order valence-electron chi connectivity index (χ3n) is 0.754. The third-order valence-corrected chi connectivity index (χ3v) is 0.754. The van der Waals surface area contributed by atoms with E-state index < -0.39 is 5.97 Å². The average molecular weight is 154 g/mol. The van der Waals surface area contributed by atoms with Crippen molar-refractivity contribution >= 4 is 5.97 Å². The summed E-state index contributed by atoms with van der Waals surface area (Å²) in [6, 6.07) is 0. The molecule has 0 atom stereocenters. The monoisotopic (exact) mass is 154 g/mol. The molecule has 0 bridgehead atoms. The second-order valence-electron chi connectivity index (χ2n) is 1.57. The van der Waals surface area contributed by atoms with Crippen LogP contribution in [0.1, 0.15) is 6.92 Å². The number of terminal acetylenes is 1. The lowest BCUT2D eigenvalue weighted by Crippen LogP contribution is -1.99. The molecule has 0 aromatic heterocycles. The van der Waals surface area contributed by atoms with Gasteiger partial charge in [-0.25, -0.2) is 4.79 Å². The first-order chi connectivity index (χ1) is 5.31. The zero-order valence-corrected chi connectivity index (χ0v) is 6.37. The van der Waals surface area contributed by atoms with Crippen LogP contribution in [0.5, 0.6) is 0 Å². The Hall–Kier alpha value is -1.43. The average Bonchev–Trinajstić information content (AvgIpc) is 1.99. The van der Waals surface area contributed by atoms with Gasteiger partial charge in [-0.2, -0.15) is 0 Å². The van der Waals surface area contributed by atoms with E-state index in [0.717, 1.165) is 0 Å². The molecule has 3 heteroatoms. The van der Waals surface area contributed by atoms with E-state index in [4.69, 9.17) is 6.42 Å². The lowest BCUT2D eigenvalue weighted by atomic mass is 10.6. The molecule has 0 amide bonds. The summed E-state index contributed by atoms with van der Waals surface area (Å²) >= 11 is 0. The SMILES string of the molecule is C#CCO/C=C/C(=O)OCC. The molecule has 0 radical (unpaired) electrons. The van der Waals surface area contributed by atoms with Crippen molar-refractivity contribution in [3.8, 4) is 12.3 Å². The van der Waals surface area contributed by atoms with Gasteiger partial charge in [0, 0.05) is 0 Å². The minimum atomic E-state index is -0.426. The van der Waals surface area contributed by atoms with Gasteiger partial charge in [-0.3, -0.25) is 0 Å². The minimum Gasteiger partial charge on any atom is -0.488 e. The summed E-state index contributed by atoms with van der Waals surface area (Å²) in [5.41, 5.74) is 0. The van der Waals surface area contributed by atoms with Crippen molar-refractivity contribution in [2.45, 2.75) is 6.92 Å². The molecule has 0 heterocycles. The fraction of sp³-hybridized carbons (Fsp3) is 0.375. The predicted molar refractivity (Wildman–Crippen MR) is 40.6 cm³/mol. The first kappa shape index (κ1) is 9.57. The van der Waals surface area contributed by atoms with Gasteiger partial charge in [0.25, 0.3) is 0 Å². The van der Waals surface area contributed by atoms with Gasteiger partial charge in [0.05, 0.1) is 18.9 Å². The first-order valence-electron chi connectivity index (χ1n) is 3.19. The summed E-state index contributed by atoms with van der Waals surface area (Å²) in [4.78, 5) is 10.6. The molecule has 0 fully saturated rings. The van der Waals surface area contributed by atoms with Gasteiger partial charge in [-0.05, 0) is 6.92 Å². The van der Waals surface area contributed by atoms with Crippen molar-refractivity contribution in [2.24, 2.45) is 0 Å². The highest BCUT2D eigenvalue weighted by Crippen LogP contribution is 1.82. The highest BCUT2D eigenvalue weighted by molar-refractivity contribution is 5.81. The molecule has 0 saturated heterocycles. The largest absolute Gasteiger partial charge is 0.488 e. The van der Waals surface area contributed by atoms with E-state index in [1.807, 2.05) is 0 Å². The van der Waals surface area contributed by atoms with Gasteiger partial charge in [0.15, 0.2) is 0 Å². The molecule has 0 aliphatic heterocycles.